The molecule has 0 radical (unpaired) electrons. The predicted molar refractivity (Wildman–Crippen MR) is 70.4 cm³/mol. The molecule has 1 atom stereocenters. The van der Waals surface area contributed by atoms with Gasteiger partial charge in [0, 0.05) is 6.07 Å². The van der Waals surface area contributed by atoms with E-state index < -0.39 is 5.54 Å². The fraction of sp³-hybridized carbons (Fsp3) is 0.500. The van der Waals surface area contributed by atoms with Crippen LogP contribution in [-0.2, 0) is 4.79 Å². The quantitative estimate of drug-likeness (QED) is 0.794. The van der Waals surface area contributed by atoms with Crippen LogP contribution in [0.15, 0.2) is 24.3 Å². The van der Waals surface area contributed by atoms with Crippen molar-refractivity contribution in [3.8, 4) is 5.75 Å². The van der Waals surface area contributed by atoms with Gasteiger partial charge in [0.1, 0.15) is 11.6 Å². The SMILES string of the molecule is CCC(C)(CO)NC(=O)CCOc1cccc(F)c1. The number of rotatable bonds is 7. The van der Waals surface area contributed by atoms with E-state index in [0.29, 0.717) is 12.2 Å². The topological polar surface area (TPSA) is 58.6 Å². The van der Waals surface area contributed by atoms with Crippen molar-refractivity contribution in [3.63, 3.8) is 0 Å². The average molecular weight is 269 g/mol. The highest BCUT2D eigenvalue weighted by Gasteiger charge is 2.22. The molecular formula is C14H20FNO3. The Hall–Kier alpha value is -1.62. The number of halogens is 1. The molecule has 0 aliphatic rings. The Morgan fingerprint density at radius 3 is 2.84 bits per heavy atom. The minimum Gasteiger partial charge on any atom is -0.493 e. The smallest absolute Gasteiger partial charge is 0.223 e. The number of carbonyl (C=O) groups is 1. The molecule has 1 unspecified atom stereocenters. The summed E-state index contributed by atoms with van der Waals surface area (Å²) in [5.74, 6) is -0.177. The molecule has 0 heterocycles. The summed E-state index contributed by atoms with van der Waals surface area (Å²) in [7, 11) is 0. The van der Waals surface area contributed by atoms with Gasteiger partial charge >= 0.3 is 0 Å². The van der Waals surface area contributed by atoms with Gasteiger partial charge in [-0.2, -0.15) is 0 Å². The molecule has 0 bridgehead atoms. The largest absolute Gasteiger partial charge is 0.493 e. The highest BCUT2D eigenvalue weighted by atomic mass is 19.1. The van der Waals surface area contributed by atoms with Gasteiger partial charge in [0.2, 0.25) is 5.91 Å². The van der Waals surface area contributed by atoms with Crippen LogP contribution in [0.3, 0.4) is 0 Å². The second-order valence-electron chi connectivity index (χ2n) is 4.68. The number of hydrogen-bond donors (Lipinski definition) is 2. The van der Waals surface area contributed by atoms with Crippen LogP contribution >= 0.6 is 0 Å². The molecule has 2 N–H and O–H groups in total. The van der Waals surface area contributed by atoms with Gasteiger partial charge in [-0.15, -0.1) is 0 Å². The summed E-state index contributed by atoms with van der Waals surface area (Å²) in [4.78, 5) is 11.7. The minimum absolute atomic E-state index is 0.111. The van der Waals surface area contributed by atoms with Crippen LogP contribution < -0.4 is 10.1 Å². The first kappa shape index (κ1) is 15.4. The number of benzene rings is 1. The van der Waals surface area contributed by atoms with Crippen LogP contribution in [0, 0.1) is 5.82 Å². The Balaban J connectivity index is 2.35. The Labute approximate surface area is 112 Å². The lowest BCUT2D eigenvalue weighted by atomic mass is 10.0. The summed E-state index contributed by atoms with van der Waals surface area (Å²) in [6.07, 6.45) is 0.798. The summed E-state index contributed by atoms with van der Waals surface area (Å²) in [6.45, 7) is 3.72. The lowest BCUT2D eigenvalue weighted by Crippen LogP contribution is -2.48. The molecule has 0 aliphatic carbocycles. The van der Waals surface area contributed by atoms with Gasteiger partial charge in [-0.25, -0.2) is 4.39 Å². The molecule has 0 spiro atoms. The summed E-state index contributed by atoms with van der Waals surface area (Å²) in [5.41, 5.74) is -0.601. The highest BCUT2D eigenvalue weighted by molar-refractivity contribution is 5.76. The van der Waals surface area contributed by atoms with Crippen molar-refractivity contribution < 1.29 is 19.0 Å². The molecular weight excluding hydrogens is 249 g/mol. The summed E-state index contributed by atoms with van der Waals surface area (Å²) >= 11 is 0. The second kappa shape index (κ2) is 7.09. The van der Waals surface area contributed by atoms with Crippen molar-refractivity contribution in [1.29, 1.82) is 0 Å². The number of aliphatic hydroxyl groups excluding tert-OH is 1. The average Bonchev–Trinajstić information content (AvgIpc) is 2.38. The van der Waals surface area contributed by atoms with E-state index in [0.717, 1.165) is 0 Å². The zero-order chi connectivity index (χ0) is 14.3. The highest BCUT2D eigenvalue weighted by Crippen LogP contribution is 2.12. The van der Waals surface area contributed by atoms with Gasteiger partial charge in [0.15, 0.2) is 0 Å². The maximum Gasteiger partial charge on any atom is 0.223 e. The molecule has 106 valence electrons. The normalized spacial score (nSPS) is 13.7. The van der Waals surface area contributed by atoms with E-state index in [4.69, 9.17) is 4.74 Å². The number of aliphatic hydroxyl groups is 1. The molecule has 0 fully saturated rings. The maximum absolute atomic E-state index is 12.9. The molecule has 1 aromatic rings. The zero-order valence-corrected chi connectivity index (χ0v) is 11.3. The third-order valence-corrected chi connectivity index (χ3v) is 2.96. The van der Waals surface area contributed by atoms with Gasteiger partial charge in [0.05, 0.1) is 25.2 Å². The van der Waals surface area contributed by atoms with Gasteiger partial charge in [-0.3, -0.25) is 4.79 Å². The number of nitrogens with one attached hydrogen (secondary N) is 1. The van der Waals surface area contributed by atoms with Gasteiger partial charge in [-0.05, 0) is 25.5 Å². The fourth-order valence-electron chi connectivity index (χ4n) is 1.46. The van der Waals surface area contributed by atoms with Gasteiger partial charge < -0.3 is 15.2 Å². The Morgan fingerprint density at radius 2 is 2.26 bits per heavy atom. The Bertz CT molecular complexity index is 419. The van der Waals surface area contributed by atoms with E-state index in [-0.39, 0.29) is 31.4 Å². The third kappa shape index (κ3) is 5.26. The lowest BCUT2D eigenvalue weighted by Gasteiger charge is -2.27. The van der Waals surface area contributed by atoms with Crippen LogP contribution in [0.1, 0.15) is 26.7 Å². The van der Waals surface area contributed by atoms with Crippen molar-refractivity contribution in [2.45, 2.75) is 32.2 Å². The van der Waals surface area contributed by atoms with Gasteiger partial charge in [-0.1, -0.05) is 13.0 Å². The van der Waals surface area contributed by atoms with Crippen molar-refractivity contribution >= 4 is 5.91 Å². The second-order valence-corrected chi connectivity index (χ2v) is 4.68. The zero-order valence-electron chi connectivity index (χ0n) is 11.3. The molecule has 0 aromatic heterocycles. The Kier molecular flexibility index (Phi) is 5.76. The van der Waals surface area contributed by atoms with Crippen LogP contribution in [0.25, 0.3) is 0 Å². The van der Waals surface area contributed by atoms with Crippen LogP contribution in [-0.4, -0.2) is 29.8 Å². The summed E-state index contributed by atoms with van der Waals surface area (Å²) in [6, 6.07) is 5.77. The Morgan fingerprint density at radius 1 is 1.53 bits per heavy atom. The minimum atomic E-state index is -0.601. The maximum atomic E-state index is 12.9. The molecule has 0 saturated heterocycles. The molecule has 5 heteroatoms. The first-order valence-corrected chi connectivity index (χ1v) is 6.29. The third-order valence-electron chi connectivity index (χ3n) is 2.96. The predicted octanol–water partition coefficient (Wildman–Crippen LogP) is 1.87. The molecule has 1 rings (SSSR count). The van der Waals surface area contributed by atoms with Crippen molar-refractivity contribution in [3.05, 3.63) is 30.1 Å². The number of carbonyl (C=O) groups excluding carboxylic acids is 1. The molecule has 19 heavy (non-hydrogen) atoms. The van der Waals surface area contributed by atoms with E-state index in [1.54, 1.807) is 19.1 Å². The summed E-state index contributed by atoms with van der Waals surface area (Å²) < 4.78 is 18.2. The molecule has 0 aliphatic heterocycles. The van der Waals surface area contributed by atoms with Crippen molar-refractivity contribution in [2.24, 2.45) is 0 Å². The lowest BCUT2D eigenvalue weighted by molar-refractivity contribution is -0.123. The van der Waals surface area contributed by atoms with Gasteiger partial charge in [0.25, 0.3) is 0 Å². The van der Waals surface area contributed by atoms with E-state index in [1.807, 2.05) is 6.92 Å². The molecule has 0 saturated carbocycles. The first-order valence-electron chi connectivity index (χ1n) is 6.29. The van der Waals surface area contributed by atoms with Crippen LogP contribution in [0.4, 0.5) is 4.39 Å². The van der Waals surface area contributed by atoms with Crippen molar-refractivity contribution in [2.75, 3.05) is 13.2 Å². The summed E-state index contributed by atoms with van der Waals surface area (Å²) in [5, 5.41) is 11.9. The van der Waals surface area contributed by atoms with Crippen LogP contribution in [0.5, 0.6) is 5.75 Å². The van der Waals surface area contributed by atoms with E-state index in [2.05, 4.69) is 5.32 Å². The first-order chi connectivity index (χ1) is 8.99. The number of amides is 1. The molecule has 1 amide bonds. The monoisotopic (exact) mass is 269 g/mol. The molecule has 4 nitrogen and oxygen atoms in total. The van der Waals surface area contributed by atoms with E-state index in [9.17, 15) is 14.3 Å². The fourth-order valence-corrected chi connectivity index (χ4v) is 1.46. The number of ether oxygens (including phenoxy) is 1. The number of hydrogen-bond acceptors (Lipinski definition) is 3. The van der Waals surface area contributed by atoms with E-state index >= 15 is 0 Å². The van der Waals surface area contributed by atoms with E-state index in [1.165, 1.54) is 12.1 Å². The molecule has 1 aromatic carbocycles. The van der Waals surface area contributed by atoms with Crippen LogP contribution in [0.2, 0.25) is 0 Å². The standard InChI is InChI=1S/C14H20FNO3/c1-3-14(2,10-17)16-13(18)7-8-19-12-6-4-5-11(15)9-12/h4-6,9,17H,3,7-8,10H2,1-2H3,(H,16,18). The van der Waals surface area contributed by atoms with Crippen molar-refractivity contribution in [1.82, 2.24) is 5.32 Å².